The van der Waals surface area contributed by atoms with Gasteiger partial charge in [-0.2, -0.15) is 0 Å². The minimum absolute atomic E-state index is 0.0989. The van der Waals surface area contributed by atoms with Crippen LogP contribution in [0.15, 0.2) is 30.3 Å². The summed E-state index contributed by atoms with van der Waals surface area (Å²) in [7, 11) is 0. The summed E-state index contributed by atoms with van der Waals surface area (Å²) in [5.74, 6) is 3.93. The number of rotatable bonds is 1. The summed E-state index contributed by atoms with van der Waals surface area (Å²) in [5, 5.41) is 21.8. The van der Waals surface area contributed by atoms with Crippen LogP contribution in [0, 0.1) is 41.4 Å². The largest absolute Gasteiger partial charge is 0.392 e. The van der Waals surface area contributed by atoms with Crippen LogP contribution in [-0.2, 0) is 5.41 Å². The minimum atomic E-state index is -0.202. The smallest absolute Gasteiger partial charge is 0.0677 e. The molecule has 1 aromatic rings. The molecule has 2 nitrogen and oxygen atoms in total. The lowest BCUT2D eigenvalue weighted by atomic mass is 9.61. The molecule has 6 aliphatic rings. The van der Waals surface area contributed by atoms with E-state index in [0.29, 0.717) is 35.5 Å². The monoisotopic (exact) mass is 254 g/mol. The molecule has 0 saturated heterocycles. The maximum Gasteiger partial charge on any atom is 0.0677 e. The van der Waals surface area contributed by atoms with Crippen LogP contribution in [0.2, 0.25) is 0 Å². The molecule has 0 aliphatic heterocycles. The van der Waals surface area contributed by atoms with Gasteiger partial charge in [0, 0.05) is 11.3 Å². The van der Waals surface area contributed by atoms with E-state index in [1.54, 1.807) is 0 Å². The zero-order valence-electron chi connectivity index (χ0n) is 10.7. The van der Waals surface area contributed by atoms with Crippen molar-refractivity contribution >= 4 is 0 Å². The van der Waals surface area contributed by atoms with E-state index in [-0.39, 0.29) is 17.6 Å². The highest BCUT2D eigenvalue weighted by Crippen LogP contribution is 2.86. The van der Waals surface area contributed by atoms with E-state index in [4.69, 9.17) is 0 Å². The second-order valence-corrected chi connectivity index (χ2v) is 7.58. The Bertz CT molecular complexity index is 580. The Balaban J connectivity index is 1.68. The van der Waals surface area contributed by atoms with Gasteiger partial charge < -0.3 is 10.2 Å². The summed E-state index contributed by atoms with van der Waals surface area (Å²) < 4.78 is 0. The lowest BCUT2D eigenvalue weighted by molar-refractivity contribution is 0.0683. The molecule has 6 bridgehead atoms. The first-order chi connectivity index (χ1) is 9.28. The van der Waals surface area contributed by atoms with Crippen LogP contribution in [0.5, 0.6) is 0 Å². The maximum atomic E-state index is 11.0. The molecule has 10 atom stereocenters. The first-order valence-corrected chi connectivity index (χ1v) is 7.69. The highest BCUT2D eigenvalue weighted by Gasteiger charge is 2.89. The van der Waals surface area contributed by atoms with Gasteiger partial charge in [0.05, 0.1) is 12.2 Å². The van der Waals surface area contributed by atoms with Crippen molar-refractivity contribution in [2.24, 2.45) is 41.4 Å². The van der Waals surface area contributed by atoms with Gasteiger partial charge in [-0.05, 0) is 47.5 Å². The molecule has 0 aromatic heterocycles. The Morgan fingerprint density at radius 3 is 2.47 bits per heavy atom. The average molecular weight is 254 g/mol. The lowest BCUT2D eigenvalue weighted by Gasteiger charge is -2.42. The van der Waals surface area contributed by atoms with Crippen LogP contribution in [0.25, 0.3) is 0 Å². The first-order valence-electron chi connectivity index (χ1n) is 7.69. The summed E-state index contributed by atoms with van der Waals surface area (Å²) in [4.78, 5) is 0. The molecule has 6 aliphatic carbocycles. The standard InChI is InChI=1S/C17H18O2/c18-15-12-8-6-9-11-10(8)14(15)17(13(9)12,16(11)19)7-4-2-1-3-5-7/h1-5,8-16,18-19H,6H2/t8-,9-,10-,11-,12+,13+,14+,15-,16+,17-/m1/s1. The van der Waals surface area contributed by atoms with Crippen LogP contribution >= 0.6 is 0 Å². The first kappa shape index (κ1) is 9.95. The summed E-state index contributed by atoms with van der Waals surface area (Å²) >= 11 is 0. The fraction of sp³-hybridized carbons (Fsp3) is 0.647. The third-order valence-corrected chi connectivity index (χ3v) is 7.76. The SMILES string of the molecule is O[C@@H]1[C@H]2[C@@H]3C[C@@H]4[C@@H]5[C@@H]3[C@@H]1[C@@](c1ccccc1)([C@@H]42)[C@H]5O. The number of hydrogen-bond acceptors (Lipinski definition) is 2. The molecule has 2 heteroatoms. The Hall–Kier alpha value is -0.860. The van der Waals surface area contributed by atoms with Crippen LogP contribution in [-0.4, -0.2) is 22.4 Å². The van der Waals surface area contributed by atoms with Gasteiger partial charge >= 0.3 is 0 Å². The Morgan fingerprint density at radius 2 is 1.68 bits per heavy atom. The zero-order valence-corrected chi connectivity index (χ0v) is 10.7. The third kappa shape index (κ3) is 0.696. The Morgan fingerprint density at radius 1 is 0.895 bits per heavy atom. The van der Waals surface area contributed by atoms with Crippen molar-refractivity contribution in [3.05, 3.63) is 35.9 Å². The van der Waals surface area contributed by atoms with E-state index < -0.39 is 0 Å². The molecule has 7 rings (SSSR count). The summed E-state index contributed by atoms with van der Waals surface area (Å²) in [6.07, 6.45) is 0.934. The normalized spacial score (nSPS) is 65.9. The van der Waals surface area contributed by atoms with Gasteiger partial charge in [-0.15, -0.1) is 0 Å². The molecule has 6 fully saturated rings. The van der Waals surface area contributed by atoms with E-state index in [0.717, 1.165) is 5.92 Å². The fourth-order valence-corrected chi connectivity index (χ4v) is 7.93. The molecule has 2 N–H and O–H groups in total. The number of hydrogen-bond donors (Lipinski definition) is 2. The fourth-order valence-electron chi connectivity index (χ4n) is 7.93. The lowest BCUT2D eigenvalue weighted by Crippen LogP contribution is -2.44. The maximum absolute atomic E-state index is 11.0. The van der Waals surface area contributed by atoms with Crippen LogP contribution < -0.4 is 0 Å². The molecule has 0 spiro atoms. The van der Waals surface area contributed by atoms with Gasteiger partial charge in [-0.1, -0.05) is 30.3 Å². The molecule has 6 saturated carbocycles. The predicted molar refractivity (Wildman–Crippen MR) is 69.2 cm³/mol. The zero-order chi connectivity index (χ0) is 12.5. The molecule has 1 aromatic carbocycles. The summed E-state index contributed by atoms with van der Waals surface area (Å²) in [5.41, 5.74) is 1.20. The van der Waals surface area contributed by atoms with Crippen molar-refractivity contribution in [1.82, 2.24) is 0 Å². The molecular weight excluding hydrogens is 236 g/mol. The Labute approximate surface area is 112 Å². The van der Waals surface area contributed by atoms with Crippen molar-refractivity contribution in [2.75, 3.05) is 0 Å². The van der Waals surface area contributed by atoms with Gasteiger partial charge in [0.25, 0.3) is 0 Å². The highest BCUT2D eigenvalue weighted by atomic mass is 16.3. The number of aliphatic hydroxyl groups is 2. The number of aliphatic hydroxyl groups excluding tert-OH is 2. The highest BCUT2D eigenvalue weighted by molar-refractivity contribution is 5.47. The molecule has 0 amide bonds. The molecule has 0 radical (unpaired) electrons. The van der Waals surface area contributed by atoms with Crippen molar-refractivity contribution in [3.63, 3.8) is 0 Å². The minimum Gasteiger partial charge on any atom is -0.392 e. The molecule has 19 heavy (non-hydrogen) atoms. The van der Waals surface area contributed by atoms with E-state index >= 15 is 0 Å². The van der Waals surface area contributed by atoms with E-state index in [1.165, 1.54) is 12.0 Å². The van der Waals surface area contributed by atoms with Gasteiger partial charge in [-0.25, -0.2) is 0 Å². The van der Waals surface area contributed by atoms with E-state index in [1.807, 2.05) is 6.07 Å². The number of benzene rings is 1. The molecular formula is C17H18O2. The summed E-state index contributed by atoms with van der Waals surface area (Å²) in [6.45, 7) is 0. The summed E-state index contributed by atoms with van der Waals surface area (Å²) in [6, 6.07) is 10.6. The van der Waals surface area contributed by atoms with Gasteiger partial charge in [-0.3, -0.25) is 0 Å². The Kier molecular flexibility index (Phi) is 1.38. The van der Waals surface area contributed by atoms with Crippen molar-refractivity contribution in [1.29, 1.82) is 0 Å². The van der Waals surface area contributed by atoms with Crippen LogP contribution in [0.1, 0.15) is 12.0 Å². The van der Waals surface area contributed by atoms with E-state index in [2.05, 4.69) is 24.3 Å². The van der Waals surface area contributed by atoms with Crippen molar-refractivity contribution < 1.29 is 10.2 Å². The van der Waals surface area contributed by atoms with Crippen LogP contribution in [0.4, 0.5) is 0 Å². The quantitative estimate of drug-likeness (QED) is 0.795. The molecule has 0 heterocycles. The van der Waals surface area contributed by atoms with Gasteiger partial charge in [0.15, 0.2) is 0 Å². The molecule has 0 unspecified atom stereocenters. The average Bonchev–Trinajstić information content (AvgIpc) is 3.15. The van der Waals surface area contributed by atoms with Gasteiger partial charge in [0.2, 0.25) is 0 Å². The van der Waals surface area contributed by atoms with Crippen LogP contribution in [0.3, 0.4) is 0 Å². The molecule has 98 valence electrons. The van der Waals surface area contributed by atoms with Crippen molar-refractivity contribution in [3.8, 4) is 0 Å². The second-order valence-electron chi connectivity index (χ2n) is 7.58. The predicted octanol–water partition coefficient (Wildman–Crippen LogP) is 1.42. The topological polar surface area (TPSA) is 40.5 Å². The van der Waals surface area contributed by atoms with E-state index in [9.17, 15) is 10.2 Å². The van der Waals surface area contributed by atoms with Crippen molar-refractivity contribution in [2.45, 2.75) is 24.0 Å². The third-order valence-electron chi connectivity index (χ3n) is 7.76. The second kappa shape index (κ2) is 2.64. The van der Waals surface area contributed by atoms with Gasteiger partial charge in [0.1, 0.15) is 0 Å².